The zero-order valence-corrected chi connectivity index (χ0v) is 14.5. The van der Waals surface area contributed by atoms with Gasteiger partial charge in [-0.25, -0.2) is 0 Å². The lowest BCUT2D eigenvalue weighted by molar-refractivity contribution is -0.866. The van der Waals surface area contributed by atoms with Crippen LogP contribution in [0.1, 0.15) is 58.8 Å². The third-order valence-corrected chi connectivity index (χ3v) is 5.92. The summed E-state index contributed by atoms with van der Waals surface area (Å²) in [5, 5.41) is 0. The predicted molar refractivity (Wildman–Crippen MR) is 87.5 cm³/mol. The summed E-state index contributed by atoms with van der Waals surface area (Å²) < 4.78 is 6.77. The van der Waals surface area contributed by atoms with Gasteiger partial charge in [0.1, 0.15) is 0 Å². The highest BCUT2D eigenvalue weighted by Gasteiger charge is 2.49. The van der Waals surface area contributed by atoms with Crippen LogP contribution >= 0.6 is 0 Å². The maximum Gasteiger partial charge on any atom is 0.0843 e. The second kappa shape index (κ2) is 6.04. The zero-order chi connectivity index (χ0) is 15.0. The molecule has 1 N–H and O–H groups in total. The van der Waals surface area contributed by atoms with Crippen LogP contribution < -0.4 is 4.90 Å². The van der Waals surface area contributed by atoms with E-state index < -0.39 is 0 Å². The van der Waals surface area contributed by atoms with Crippen molar-refractivity contribution in [3.05, 3.63) is 11.6 Å². The second-order valence-electron chi connectivity index (χ2n) is 8.60. The van der Waals surface area contributed by atoms with Gasteiger partial charge in [-0.2, -0.15) is 0 Å². The Morgan fingerprint density at radius 2 is 1.81 bits per heavy atom. The molecule has 4 atom stereocenters. The van der Waals surface area contributed by atoms with E-state index in [2.05, 4.69) is 34.0 Å². The molecule has 2 fully saturated rings. The molecule has 1 saturated heterocycles. The molecule has 2 heteroatoms. The first-order valence-corrected chi connectivity index (χ1v) is 9.13. The first-order valence-electron chi connectivity index (χ1n) is 9.13. The summed E-state index contributed by atoms with van der Waals surface area (Å²) >= 11 is 0. The average molecular weight is 292 g/mol. The molecule has 0 radical (unpaired) electrons. The van der Waals surface area contributed by atoms with Gasteiger partial charge in [-0.15, -0.1) is 0 Å². The predicted octanol–water partition coefficient (Wildman–Crippen LogP) is 2.84. The molecule has 0 amide bonds. The van der Waals surface area contributed by atoms with Crippen molar-refractivity contribution in [1.29, 1.82) is 0 Å². The summed E-state index contributed by atoms with van der Waals surface area (Å²) in [4.78, 5) is 1.54. The van der Waals surface area contributed by atoms with Crippen LogP contribution in [0.15, 0.2) is 11.6 Å². The Morgan fingerprint density at radius 3 is 2.57 bits per heavy atom. The van der Waals surface area contributed by atoms with Crippen molar-refractivity contribution in [3.8, 4) is 0 Å². The third-order valence-electron chi connectivity index (χ3n) is 5.92. The Kier molecular flexibility index (Phi) is 4.47. The van der Waals surface area contributed by atoms with Crippen LogP contribution in [0.5, 0.6) is 0 Å². The van der Waals surface area contributed by atoms with E-state index >= 15 is 0 Å². The van der Waals surface area contributed by atoms with E-state index in [4.69, 9.17) is 4.74 Å². The Hall–Kier alpha value is -0.340. The smallest absolute Gasteiger partial charge is 0.0843 e. The number of rotatable bonds is 3. The summed E-state index contributed by atoms with van der Waals surface area (Å²) in [6.45, 7) is 6.05. The Balaban J connectivity index is 1.87. The van der Waals surface area contributed by atoms with Gasteiger partial charge in [-0.1, -0.05) is 38.3 Å². The first kappa shape index (κ1) is 15.6. The average Bonchev–Trinajstić information content (AvgIpc) is 2.45. The molecule has 0 bridgehead atoms. The van der Waals surface area contributed by atoms with Crippen molar-refractivity contribution >= 4 is 0 Å². The molecule has 0 spiro atoms. The maximum atomic E-state index is 6.77. The van der Waals surface area contributed by atoms with E-state index in [1.165, 1.54) is 56.4 Å². The molecule has 120 valence electrons. The van der Waals surface area contributed by atoms with Crippen molar-refractivity contribution in [3.63, 3.8) is 0 Å². The van der Waals surface area contributed by atoms with Crippen LogP contribution in [0.3, 0.4) is 0 Å². The Morgan fingerprint density at radius 1 is 1.10 bits per heavy atom. The minimum atomic E-state index is 0.266. The summed E-state index contributed by atoms with van der Waals surface area (Å²) in [6, 6.07) is 0. The monoisotopic (exact) mass is 292 g/mol. The van der Waals surface area contributed by atoms with Gasteiger partial charge >= 0.3 is 0 Å². The largest absolute Gasteiger partial charge is 0.373 e. The van der Waals surface area contributed by atoms with Crippen LogP contribution in [0, 0.1) is 17.3 Å². The van der Waals surface area contributed by atoms with Gasteiger partial charge in [0, 0.05) is 17.3 Å². The van der Waals surface area contributed by atoms with Crippen LogP contribution in [-0.2, 0) is 4.74 Å². The highest BCUT2D eigenvalue weighted by molar-refractivity contribution is 5.21. The molecular formula is C19H34NO+. The van der Waals surface area contributed by atoms with Gasteiger partial charge in [0.2, 0.25) is 0 Å². The number of allylic oxidation sites excluding steroid dienone is 1. The van der Waals surface area contributed by atoms with Crippen molar-refractivity contribution in [2.75, 3.05) is 20.6 Å². The lowest BCUT2D eigenvalue weighted by atomic mass is 9.64. The van der Waals surface area contributed by atoms with E-state index in [0.29, 0.717) is 18.1 Å². The number of ether oxygens (including phenoxy) is 1. The molecule has 0 aromatic rings. The lowest BCUT2D eigenvalue weighted by Crippen LogP contribution is -3.07. The highest BCUT2D eigenvalue weighted by atomic mass is 16.5. The second-order valence-corrected chi connectivity index (χ2v) is 8.60. The van der Waals surface area contributed by atoms with Crippen LogP contribution in [-0.4, -0.2) is 32.8 Å². The molecule has 0 unspecified atom stereocenters. The fourth-order valence-electron chi connectivity index (χ4n) is 5.34. The summed E-state index contributed by atoms with van der Waals surface area (Å²) in [5.41, 5.74) is 2.06. The maximum absolute atomic E-state index is 6.77. The fourth-order valence-corrected chi connectivity index (χ4v) is 5.34. The molecule has 1 heterocycles. The molecule has 2 aliphatic carbocycles. The fraction of sp³-hybridized carbons (Fsp3) is 0.895. The zero-order valence-electron chi connectivity index (χ0n) is 14.5. The van der Waals surface area contributed by atoms with Crippen LogP contribution in [0.4, 0.5) is 0 Å². The van der Waals surface area contributed by atoms with Gasteiger partial charge in [0.05, 0.1) is 32.8 Å². The molecular weight excluding hydrogens is 258 g/mol. The van der Waals surface area contributed by atoms with Crippen LogP contribution in [0.2, 0.25) is 0 Å². The Bertz CT molecular complexity index is 398. The lowest BCUT2D eigenvalue weighted by Gasteiger charge is -2.52. The van der Waals surface area contributed by atoms with E-state index in [1.807, 2.05) is 0 Å². The van der Waals surface area contributed by atoms with Gasteiger partial charge in [-0.3, -0.25) is 0 Å². The van der Waals surface area contributed by atoms with Crippen molar-refractivity contribution < 1.29 is 9.64 Å². The number of fused-ring (bicyclic) bond motifs is 3. The van der Waals surface area contributed by atoms with Gasteiger partial charge < -0.3 is 9.64 Å². The molecule has 0 aromatic carbocycles. The standard InChI is InChI=1S/C19H33NO/c1-19(2,13-20(3)4)18-16-11-6-5-9-14(16)15-10-7-8-12-17(15)21-18/h9,15-18H,5-8,10-13H2,1-4H3/p+1/t15-,16+,17-,18-/m0/s1. The molecule has 0 aromatic heterocycles. The summed E-state index contributed by atoms with van der Waals surface area (Å²) in [7, 11) is 4.54. The molecule has 3 rings (SSSR count). The SMILES string of the molecule is C[NH+](C)CC(C)(C)[C@H]1O[C@H]2CCCC[C@H]2C2=CCCC[C@H]21. The minimum absolute atomic E-state index is 0.266. The molecule has 2 nitrogen and oxygen atoms in total. The van der Waals surface area contributed by atoms with Gasteiger partial charge in [0.15, 0.2) is 0 Å². The van der Waals surface area contributed by atoms with E-state index in [1.54, 1.807) is 5.57 Å². The third kappa shape index (κ3) is 3.07. The van der Waals surface area contributed by atoms with Crippen molar-refractivity contribution in [2.45, 2.75) is 71.0 Å². The van der Waals surface area contributed by atoms with Crippen molar-refractivity contribution in [1.82, 2.24) is 0 Å². The van der Waals surface area contributed by atoms with E-state index in [-0.39, 0.29) is 5.41 Å². The van der Waals surface area contributed by atoms with Crippen molar-refractivity contribution in [2.24, 2.45) is 17.3 Å². The number of quaternary nitrogens is 1. The number of hydrogen-bond acceptors (Lipinski definition) is 1. The molecule has 21 heavy (non-hydrogen) atoms. The summed E-state index contributed by atoms with van der Waals surface area (Å²) in [5.74, 6) is 1.45. The molecule has 3 aliphatic rings. The Labute approximate surface area is 130 Å². The summed E-state index contributed by atoms with van der Waals surface area (Å²) in [6.07, 6.45) is 13.0. The van der Waals surface area contributed by atoms with E-state index in [9.17, 15) is 0 Å². The number of nitrogens with one attached hydrogen (secondary N) is 1. The first-order chi connectivity index (χ1) is 9.99. The quantitative estimate of drug-likeness (QED) is 0.790. The van der Waals surface area contributed by atoms with Crippen LogP contribution in [0.25, 0.3) is 0 Å². The molecule has 1 aliphatic heterocycles. The van der Waals surface area contributed by atoms with Gasteiger partial charge in [0.25, 0.3) is 0 Å². The van der Waals surface area contributed by atoms with E-state index in [0.717, 1.165) is 5.92 Å². The normalized spacial score (nSPS) is 36.9. The number of hydrogen-bond donors (Lipinski definition) is 1. The topological polar surface area (TPSA) is 13.7 Å². The minimum Gasteiger partial charge on any atom is -0.373 e. The highest BCUT2D eigenvalue weighted by Crippen LogP contribution is 2.49. The molecule has 1 saturated carbocycles. The van der Waals surface area contributed by atoms with Gasteiger partial charge in [-0.05, 0) is 32.1 Å².